The van der Waals surface area contributed by atoms with Crippen LogP contribution in [0.3, 0.4) is 0 Å². The largest absolute Gasteiger partial charge is 0.508 e. The molecule has 0 saturated carbocycles. The summed E-state index contributed by atoms with van der Waals surface area (Å²) in [6.07, 6.45) is 0. The molecule has 0 radical (unpaired) electrons. The summed E-state index contributed by atoms with van der Waals surface area (Å²) in [5.41, 5.74) is 1.63. The maximum atomic E-state index is 10.1. The third kappa shape index (κ3) is 4.57. The Kier molecular flexibility index (Phi) is 6.21. The Labute approximate surface area is 138 Å². The summed E-state index contributed by atoms with van der Waals surface area (Å²) in [6.45, 7) is 4.95. The van der Waals surface area contributed by atoms with Crippen molar-refractivity contribution in [3.8, 4) is 11.5 Å². The van der Waals surface area contributed by atoms with E-state index in [9.17, 15) is 10.2 Å². The molecule has 0 bridgehead atoms. The van der Waals surface area contributed by atoms with Gasteiger partial charge in [-0.1, -0.05) is 36.4 Å². The van der Waals surface area contributed by atoms with Crippen molar-refractivity contribution in [2.24, 2.45) is 0 Å². The fourth-order valence-electron chi connectivity index (χ4n) is 2.74. The number of aromatic hydroxyl groups is 2. The van der Waals surface area contributed by atoms with E-state index in [-0.39, 0.29) is 11.5 Å². The van der Waals surface area contributed by atoms with Crippen LogP contribution >= 0.6 is 0 Å². The summed E-state index contributed by atoms with van der Waals surface area (Å²) >= 11 is 0. The molecule has 2 rings (SSSR count). The summed E-state index contributed by atoms with van der Waals surface area (Å²) in [5, 5.41) is 20.2. The third-order valence-corrected chi connectivity index (χ3v) is 7.19. The van der Waals surface area contributed by atoms with Gasteiger partial charge in [-0.25, -0.2) is 0 Å². The Hall–Kier alpha value is -1.82. The lowest BCUT2D eigenvalue weighted by Gasteiger charge is -2.30. The molecule has 0 heterocycles. The molecule has 2 aromatic rings. The fraction of sp³-hybridized carbons (Fsp3) is 0.333. The zero-order valence-corrected chi connectivity index (χ0v) is 14.7. The second-order valence-electron chi connectivity index (χ2n) is 5.39. The summed E-state index contributed by atoms with van der Waals surface area (Å²) in [7, 11) is -2.66. The van der Waals surface area contributed by atoms with Crippen molar-refractivity contribution in [3.63, 3.8) is 0 Å². The van der Waals surface area contributed by atoms with Crippen LogP contribution in [0.2, 0.25) is 0 Å². The first-order chi connectivity index (χ1) is 11.1. The van der Waals surface area contributed by atoms with Gasteiger partial charge in [-0.3, -0.25) is 0 Å². The molecule has 2 aromatic carbocycles. The molecule has 0 aliphatic carbocycles. The minimum Gasteiger partial charge on any atom is -0.508 e. The maximum absolute atomic E-state index is 10.1. The van der Waals surface area contributed by atoms with Crippen LogP contribution in [0.15, 0.2) is 48.5 Å². The number of phenolic OH excluding ortho intramolecular Hbond substituents is 2. The molecule has 0 aliphatic heterocycles. The van der Waals surface area contributed by atoms with E-state index < -0.39 is 8.56 Å². The van der Waals surface area contributed by atoms with Gasteiger partial charge in [0.1, 0.15) is 11.5 Å². The van der Waals surface area contributed by atoms with Crippen LogP contribution in [0.5, 0.6) is 11.5 Å². The molecule has 4 nitrogen and oxygen atoms in total. The molecule has 0 aliphatic rings. The zero-order valence-electron chi connectivity index (χ0n) is 13.7. The Morgan fingerprint density at radius 2 is 1.13 bits per heavy atom. The third-order valence-electron chi connectivity index (χ3n) is 3.72. The van der Waals surface area contributed by atoms with Crippen LogP contribution < -0.4 is 0 Å². The van der Waals surface area contributed by atoms with Gasteiger partial charge in [0.05, 0.1) is 0 Å². The highest BCUT2D eigenvalue weighted by atomic mass is 28.4. The Bertz CT molecular complexity index is 574. The molecular formula is C18H24O4Si. The zero-order chi connectivity index (χ0) is 16.7. The van der Waals surface area contributed by atoms with Gasteiger partial charge in [0.25, 0.3) is 0 Å². The van der Waals surface area contributed by atoms with Crippen LogP contribution in [-0.4, -0.2) is 32.0 Å². The number of hydrogen-bond acceptors (Lipinski definition) is 4. The summed E-state index contributed by atoms with van der Waals surface area (Å²) in [6, 6.07) is 15.6. The van der Waals surface area contributed by atoms with Gasteiger partial charge in [0.2, 0.25) is 0 Å². The minimum atomic E-state index is -2.66. The van der Waals surface area contributed by atoms with Crippen LogP contribution in [0.4, 0.5) is 0 Å². The van der Waals surface area contributed by atoms with Gasteiger partial charge in [-0.15, -0.1) is 0 Å². The summed E-state index contributed by atoms with van der Waals surface area (Å²) in [5.74, 6) is 0.502. The number of hydrogen-bond donors (Lipinski definition) is 2. The normalized spacial score (nSPS) is 11.6. The standard InChI is InChI=1S/C18H24O4Si/c1-3-21-23(22-4-2,13-15-9-5-7-11-17(15)19)14-16-10-6-8-12-18(16)20/h5-12,19-20H,3-4,13-14H2,1-2H3. The summed E-state index contributed by atoms with van der Waals surface area (Å²) < 4.78 is 12.2. The Balaban J connectivity index is 2.34. The molecule has 0 saturated heterocycles. The van der Waals surface area contributed by atoms with E-state index in [2.05, 4.69) is 0 Å². The molecule has 0 amide bonds. The van der Waals surface area contributed by atoms with Crippen molar-refractivity contribution in [3.05, 3.63) is 59.7 Å². The SMILES string of the molecule is CCO[Si](Cc1ccccc1O)(Cc1ccccc1O)OCC. The minimum absolute atomic E-state index is 0.251. The van der Waals surface area contributed by atoms with Gasteiger partial charge < -0.3 is 19.1 Å². The average molecular weight is 332 g/mol. The van der Waals surface area contributed by atoms with Crippen molar-refractivity contribution >= 4 is 8.56 Å². The van der Waals surface area contributed by atoms with E-state index in [0.717, 1.165) is 11.1 Å². The highest BCUT2D eigenvalue weighted by molar-refractivity contribution is 6.66. The van der Waals surface area contributed by atoms with Crippen molar-refractivity contribution in [2.45, 2.75) is 25.9 Å². The van der Waals surface area contributed by atoms with E-state index in [4.69, 9.17) is 8.85 Å². The number of para-hydroxylation sites is 2. The molecular weight excluding hydrogens is 308 g/mol. The van der Waals surface area contributed by atoms with Gasteiger partial charge in [0, 0.05) is 25.3 Å². The van der Waals surface area contributed by atoms with E-state index in [1.54, 1.807) is 24.3 Å². The first-order valence-corrected chi connectivity index (χ1v) is 10.1. The topological polar surface area (TPSA) is 58.9 Å². The molecule has 0 unspecified atom stereocenters. The highest BCUT2D eigenvalue weighted by Gasteiger charge is 2.39. The monoisotopic (exact) mass is 332 g/mol. The van der Waals surface area contributed by atoms with Gasteiger partial charge in [-0.05, 0) is 37.1 Å². The van der Waals surface area contributed by atoms with Crippen LogP contribution in [0.25, 0.3) is 0 Å². The van der Waals surface area contributed by atoms with Gasteiger partial charge in [0.15, 0.2) is 0 Å². The van der Waals surface area contributed by atoms with Crippen LogP contribution in [-0.2, 0) is 20.9 Å². The van der Waals surface area contributed by atoms with E-state index >= 15 is 0 Å². The van der Waals surface area contributed by atoms with Crippen LogP contribution in [0, 0.1) is 0 Å². The van der Waals surface area contributed by atoms with E-state index in [1.165, 1.54) is 0 Å². The molecule has 0 spiro atoms. The number of phenols is 2. The number of benzene rings is 2. The molecule has 124 valence electrons. The van der Waals surface area contributed by atoms with Gasteiger partial charge in [-0.2, -0.15) is 0 Å². The van der Waals surface area contributed by atoms with Gasteiger partial charge >= 0.3 is 8.56 Å². The van der Waals surface area contributed by atoms with Crippen LogP contribution in [0.1, 0.15) is 25.0 Å². The molecule has 0 fully saturated rings. The first kappa shape index (κ1) is 17.5. The lowest BCUT2D eigenvalue weighted by Crippen LogP contribution is -2.48. The second kappa shape index (κ2) is 8.15. The van der Waals surface area contributed by atoms with Crippen molar-refractivity contribution < 1.29 is 19.1 Å². The molecule has 5 heteroatoms. The summed E-state index contributed by atoms with van der Waals surface area (Å²) in [4.78, 5) is 0. The predicted octanol–water partition coefficient (Wildman–Crippen LogP) is 3.48. The van der Waals surface area contributed by atoms with Crippen molar-refractivity contribution in [2.75, 3.05) is 13.2 Å². The Morgan fingerprint density at radius 1 is 0.739 bits per heavy atom. The average Bonchev–Trinajstić information content (AvgIpc) is 2.52. The fourth-order valence-corrected chi connectivity index (χ4v) is 6.16. The van der Waals surface area contributed by atoms with E-state index in [1.807, 2.05) is 38.1 Å². The lowest BCUT2D eigenvalue weighted by atomic mass is 10.2. The molecule has 2 N–H and O–H groups in total. The van der Waals surface area contributed by atoms with Crippen molar-refractivity contribution in [1.82, 2.24) is 0 Å². The maximum Gasteiger partial charge on any atom is 0.347 e. The smallest absolute Gasteiger partial charge is 0.347 e. The first-order valence-electron chi connectivity index (χ1n) is 7.92. The molecule has 0 aromatic heterocycles. The van der Waals surface area contributed by atoms with E-state index in [0.29, 0.717) is 25.3 Å². The molecule has 23 heavy (non-hydrogen) atoms. The Morgan fingerprint density at radius 3 is 1.48 bits per heavy atom. The van der Waals surface area contributed by atoms with Crippen molar-refractivity contribution in [1.29, 1.82) is 0 Å². The predicted molar refractivity (Wildman–Crippen MR) is 92.6 cm³/mol. The lowest BCUT2D eigenvalue weighted by molar-refractivity contribution is 0.180. The number of rotatable bonds is 8. The molecule has 0 atom stereocenters. The second-order valence-corrected chi connectivity index (χ2v) is 8.49. The highest BCUT2D eigenvalue weighted by Crippen LogP contribution is 2.28. The quantitative estimate of drug-likeness (QED) is 0.727.